The first-order chi connectivity index (χ1) is 7.89. The summed E-state index contributed by atoms with van der Waals surface area (Å²) in [5.41, 5.74) is -0.738. The highest BCUT2D eigenvalue weighted by Gasteiger charge is 2.30. The summed E-state index contributed by atoms with van der Waals surface area (Å²) in [6.07, 6.45) is -1.80. The molecule has 0 aliphatic heterocycles. The van der Waals surface area contributed by atoms with Crippen molar-refractivity contribution in [2.45, 2.75) is 31.3 Å². The van der Waals surface area contributed by atoms with Gasteiger partial charge in [0.2, 0.25) is 0 Å². The average molecular weight is 267 g/mol. The molecule has 0 spiro atoms. The highest BCUT2D eigenvalue weighted by molar-refractivity contribution is 6.20. The lowest BCUT2D eigenvalue weighted by Crippen LogP contribution is -2.08. The summed E-state index contributed by atoms with van der Waals surface area (Å²) in [5, 5.41) is 3.05. The molecule has 1 aromatic rings. The van der Waals surface area contributed by atoms with E-state index >= 15 is 0 Å². The Labute approximate surface area is 103 Å². The van der Waals surface area contributed by atoms with Crippen molar-refractivity contribution in [1.29, 1.82) is 0 Å². The molecule has 0 aliphatic carbocycles. The van der Waals surface area contributed by atoms with Crippen LogP contribution in [-0.2, 0) is 6.18 Å². The monoisotopic (exact) mass is 266 g/mol. The molecule has 1 unspecified atom stereocenters. The maximum atomic E-state index is 12.2. The fourth-order valence-corrected chi connectivity index (χ4v) is 1.42. The standard InChI is InChI=1S/C11H14ClF3N2/c1-8(12)3-2-6-16-10-5-4-9(7-17-10)11(13,14)15/h4-5,7-8H,2-3,6H2,1H3,(H,16,17). The van der Waals surface area contributed by atoms with Crippen LogP contribution in [0, 0.1) is 0 Å². The third kappa shape index (κ3) is 5.26. The van der Waals surface area contributed by atoms with Crippen molar-refractivity contribution in [3.8, 4) is 0 Å². The molecule has 0 fully saturated rings. The summed E-state index contributed by atoms with van der Waals surface area (Å²) >= 11 is 5.76. The van der Waals surface area contributed by atoms with Crippen molar-refractivity contribution in [1.82, 2.24) is 4.98 Å². The minimum atomic E-state index is -4.33. The molecule has 96 valence electrons. The van der Waals surface area contributed by atoms with Crippen LogP contribution in [0.3, 0.4) is 0 Å². The summed E-state index contributed by atoms with van der Waals surface area (Å²) in [4.78, 5) is 3.70. The zero-order valence-corrected chi connectivity index (χ0v) is 10.1. The molecular formula is C11H14ClF3N2. The molecule has 0 saturated carbocycles. The second-order valence-corrected chi connectivity index (χ2v) is 4.52. The van der Waals surface area contributed by atoms with Gasteiger partial charge in [0, 0.05) is 18.1 Å². The van der Waals surface area contributed by atoms with Crippen LogP contribution in [0.25, 0.3) is 0 Å². The summed E-state index contributed by atoms with van der Waals surface area (Å²) < 4.78 is 36.7. The molecule has 0 amide bonds. The molecule has 17 heavy (non-hydrogen) atoms. The van der Waals surface area contributed by atoms with Crippen molar-refractivity contribution in [3.05, 3.63) is 23.9 Å². The van der Waals surface area contributed by atoms with Gasteiger partial charge >= 0.3 is 6.18 Å². The minimum Gasteiger partial charge on any atom is -0.370 e. The number of rotatable bonds is 5. The van der Waals surface area contributed by atoms with Crippen LogP contribution in [0.4, 0.5) is 19.0 Å². The van der Waals surface area contributed by atoms with Crippen LogP contribution in [0.15, 0.2) is 18.3 Å². The number of anilines is 1. The quantitative estimate of drug-likeness (QED) is 0.645. The largest absolute Gasteiger partial charge is 0.417 e. The van der Waals surface area contributed by atoms with E-state index in [1.807, 2.05) is 6.92 Å². The van der Waals surface area contributed by atoms with Crippen molar-refractivity contribution in [2.75, 3.05) is 11.9 Å². The number of halogens is 4. The number of aromatic nitrogens is 1. The van der Waals surface area contributed by atoms with Gasteiger partial charge in [-0.15, -0.1) is 11.6 Å². The number of alkyl halides is 4. The molecule has 0 aliphatic rings. The Kier molecular flexibility index (Phi) is 5.05. The number of nitrogens with zero attached hydrogens (tertiary/aromatic N) is 1. The topological polar surface area (TPSA) is 24.9 Å². The summed E-state index contributed by atoms with van der Waals surface area (Å²) in [6.45, 7) is 2.55. The highest BCUT2D eigenvalue weighted by Crippen LogP contribution is 2.28. The van der Waals surface area contributed by atoms with Gasteiger partial charge in [0.15, 0.2) is 0 Å². The van der Waals surface area contributed by atoms with E-state index in [4.69, 9.17) is 11.6 Å². The molecule has 1 heterocycles. The van der Waals surface area contributed by atoms with Gasteiger partial charge in [0.1, 0.15) is 5.82 Å². The summed E-state index contributed by atoms with van der Waals surface area (Å²) in [6, 6.07) is 2.34. The predicted octanol–water partition coefficient (Wildman–Crippen LogP) is 3.92. The van der Waals surface area contributed by atoms with Crippen LogP contribution in [0.2, 0.25) is 0 Å². The van der Waals surface area contributed by atoms with Gasteiger partial charge in [-0.1, -0.05) is 0 Å². The van der Waals surface area contributed by atoms with Gasteiger partial charge in [-0.05, 0) is 31.9 Å². The van der Waals surface area contributed by atoms with Crippen LogP contribution >= 0.6 is 11.6 Å². The number of nitrogens with one attached hydrogen (secondary N) is 1. The van der Waals surface area contributed by atoms with Gasteiger partial charge in [0.25, 0.3) is 0 Å². The first-order valence-electron chi connectivity index (χ1n) is 5.31. The lowest BCUT2D eigenvalue weighted by atomic mass is 10.2. The Morgan fingerprint density at radius 1 is 1.41 bits per heavy atom. The molecule has 6 heteroatoms. The third-order valence-electron chi connectivity index (χ3n) is 2.18. The molecule has 1 atom stereocenters. The van der Waals surface area contributed by atoms with E-state index in [2.05, 4.69) is 10.3 Å². The Morgan fingerprint density at radius 2 is 2.12 bits per heavy atom. The van der Waals surface area contributed by atoms with Crippen molar-refractivity contribution >= 4 is 17.4 Å². The highest BCUT2D eigenvalue weighted by atomic mass is 35.5. The fraction of sp³-hybridized carbons (Fsp3) is 0.545. The second-order valence-electron chi connectivity index (χ2n) is 3.78. The third-order valence-corrected chi connectivity index (χ3v) is 2.39. The molecule has 2 nitrogen and oxygen atoms in total. The number of hydrogen-bond donors (Lipinski definition) is 1. The first-order valence-corrected chi connectivity index (χ1v) is 5.74. The Morgan fingerprint density at radius 3 is 2.59 bits per heavy atom. The molecule has 0 aromatic carbocycles. The summed E-state index contributed by atoms with van der Waals surface area (Å²) in [7, 11) is 0. The maximum absolute atomic E-state index is 12.2. The van der Waals surface area contributed by atoms with E-state index in [9.17, 15) is 13.2 Å². The van der Waals surface area contributed by atoms with Crippen LogP contribution in [0.1, 0.15) is 25.3 Å². The van der Waals surface area contributed by atoms with E-state index in [0.29, 0.717) is 12.4 Å². The van der Waals surface area contributed by atoms with Crippen LogP contribution < -0.4 is 5.32 Å². The molecular weight excluding hydrogens is 253 g/mol. The molecule has 0 bridgehead atoms. The van der Waals surface area contributed by atoms with E-state index < -0.39 is 11.7 Å². The minimum absolute atomic E-state index is 0.109. The molecule has 1 rings (SSSR count). The number of hydrogen-bond acceptors (Lipinski definition) is 2. The predicted molar refractivity (Wildman–Crippen MR) is 62.3 cm³/mol. The van der Waals surface area contributed by atoms with Crippen molar-refractivity contribution in [3.63, 3.8) is 0 Å². The zero-order chi connectivity index (χ0) is 12.9. The average Bonchev–Trinajstić information content (AvgIpc) is 2.23. The second kappa shape index (κ2) is 6.10. The van der Waals surface area contributed by atoms with Crippen molar-refractivity contribution < 1.29 is 13.2 Å². The lowest BCUT2D eigenvalue weighted by molar-refractivity contribution is -0.137. The zero-order valence-electron chi connectivity index (χ0n) is 9.39. The Balaban J connectivity index is 2.41. The number of pyridine rings is 1. The van der Waals surface area contributed by atoms with E-state index in [-0.39, 0.29) is 5.38 Å². The SMILES string of the molecule is CC(Cl)CCCNc1ccc(C(F)(F)F)cn1. The van der Waals surface area contributed by atoms with Gasteiger partial charge in [-0.3, -0.25) is 0 Å². The molecule has 1 N–H and O–H groups in total. The maximum Gasteiger partial charge on any atom is 0.417 e. The normalized spacial score (nSPS) is 13.5. The van der Waals surface area contributed by atoms with Gasteiger partial charge < -0.3 is 5.32 Å². The van der Waals surface area contributed by atoms with Gasteiger partial charge in [-0.2, -0.15) is 13.2 Å². The molecule has 0 saturated heterocycles. The van der Waals surface area contributed by atoms with Crippen LogP contribution in [-0.4, -0.2) is 16.9 Å². The van der Waals surface area contributed by atoms with Gasteiger partial charge in [-0.25, -0.2) is 4.98 Å². The first kappa shape index (κ1) is 14.1. The van der Waals surface area contributed by atoms with E-state index in [1.54, 1.807) is 0 Å². The molecule has 1 aromatic heterocycles. The lowest BCUT2D eigenvalue weighted by Gasteiger charge is -2.08. The van der Waals surface area contributed by atoms with Gasteiger partial charge in [0.05, 0.1) is 5.56 Å². The summed E-state index contributed by atoms with van der Waals surface area (Å²) in [5.74, 6) is 0.445. The Bertz CT molecular complexity index is 336. The Hall–Kier alpha value is -0.970. The molecule has 0 radical (unpaired) electrons. The van der Waals surface area contributed by atoms with Crippen LogP contribution in [0.5, 0.6) is 0 Å². The smallest absolute Gasteiger partial charge is 0.370 e. The van der Waals surface area contributed by atoms with Crippen molar-refractivity contribution in [2.24, 2.45) is 0 Å². The fourth-order valence-electron chi connectivity index (χ4n) is 1.27. The van der Waals surface area contributed by atoms with E-state index in [0.717, 1.165) is 25.1 Å². The van der Waals surface area contributed by atoms with E-state index in [1.165, 1.54) is 6.07 Å².